The van der Waals surface area contributed by atoms with Crippen molar-refractivity contribution < 1.29 is 9.18 Å². The number of hydrogen-bond donors (Lipinski definition) is 2. The predicted octanol–water partition coefficient (Wildman–Crippen LogP) is 2.81. The molecular formula is C14H19FN2OS. The molecule has 0 saturated heterocycles. The summed E-state index contributed by atoms with van der Waals surface area (Å²) in [4.78, 5) is 12.0. The Labute approximate surface area is 117 Å². The van der Waals surface area contributed by atoms with Gasteiger partial charge in [0.05, 0.1) is 5.56 Å². The highest BCUT2D eigenvalue weighted by Gasteiger charge is 2.26. The van der Waals surface area contributed by atoms with E-state index in [0.717, 1.165) is 25.0 Å². The Morgan fingerprint density at radius 1 is 1.53 bits per heavy atom. The van der Waals surface area contributed by atoms with Crippen molar-refractivity contribution in [1.29, 1.82) is 0 Å². The summed E-state index contributed by atoms with van der Waals surface area (Å²) in [5.41, 5.74) is 6.02. The first-order valence-electron chi connectivity index (χ1n) is 6.57. The highest BCUT2D eigenvalue weighted by atomic mass is 32.2. The molecule has 3 nitrogen and oxygen atoms in total. The number of nitrogens with one attached hydrogen (secondary N) is 1. The van der Waals surface area contributed by atoms with E-state index in [4.69, 9.17) is 5.73 Å². The molecule has 0 heterocycles. The summed E-state index contributed by atoms with van der Waals surface area (Å²) >= 11 is 1.93. The molecule has 19 heavy (non-hydrogen) atoms. The van der Waals surface area contributed by atoms with Crippen LogP contribution in [0.25, 0.3) is 0 Å². The molecule has 1 aromatic carbocycles. The lowest BCUT2D eigenvalue weighted by molar-refractivity contribution is 0.0934. The van der Waals surface area contributed by atoms with E-state index in [1.165, 1.54) is 18.2 Å². The maximum Gasteiger partial charge on any atom is 0.254 e. The average molecular weight is 282 g/mol. The van der Waals surface area contributed by atoms with E-state index >= 15 is 0 Å². The summed E-state index contributed by atoms with van der Waals surface area (Å²) < 4.78 is 13.6. The number of benzene rings is 1. The van der Waals surface area contributed by atoms with E-state index in [9.17, 15) is 9.18 Å². The van der Waals surface area contributed by atoms with E-state index in [0.29, 0.717) is 10.9 Å². The van der Waals surface area contributed by atoms with Crippen molar-refractivity contribution in [2.45, 2.75) is 37.5 Å². The van der Waals surface area contributed by atoms with Crippen molar-refractivity contribution in [2.75, 3.05) is 11.5 Å². The lowest BCUT2D eigenvalue weighted by atomic mass is 10.1. The van der Waals surface area contributed by atoms with Crippen LogP contribution in [0.15, 0.2) is 18.2 Å². The number of rotatable bonds is 4. The van der Waals surface area contributed by atoms with Gasteiger partial charge in [-0.1, -0.05) is 6.92 Å². The predicted molar refractivity (Wildman–Crippen MR) is 77.8 cm³/mol. The lowest BCUT2D eigenvalue weighted by Crippen LogP contribution is -2.33. The molecule has 2 atom stereocenters. The van der Waals surface area contributed by atoms with E-state index in [1.54, 1.807) is 0 Å². The average Bonchev–Trinajstić information content (AvgIpc) is 2.80. The third-order valence-electron chi connectivity index (χ3n) is 3.36. The van der Waals surface area contributed by atoms with E-state index in [1.807, 2.05) is 11.8 Å². The van der Waals surface area contributed by atoms with Gasteiger partial charge in [-0.3, -0.25) is 4.79 Å². The number of nitrogens with two attached hydrogens (primary N) is 1. The molecule has 0 aliphatic heterocycles. The molecule has 3 N–H and O–H groups in total. The van der Waals surface area contributed by atoms with E-state index in [2.05, 4.69) is 12.2 Å². The van der Waals surface area contributed by atoms with Crippen LogP contribution in [-0.4, -0.2) is 23.0 Å². The summed E-state index contributed by atoms with van der Waals surface area (Å²) in [6.45, 7) is 2.14. The van der Waals surface area contributed by atoms with Crippen LogP contribution in [0, 0.1) is 5.82 Å². The minimum absolute atomic E-state index is 0.0339. The molecule has 2 unspecified atom stereocenters. The van der Waals surface area contributed by atoms with Gasteiger partial charge in [-0.05, 0) is 43.2 Å². The second-order valence-electron chi connectivity index (χ2n) is 4.80. The maximum atomic E-state index is 13.6. The van der Waals surface area contributed by atoms with E-state index in [-0.39, 0.29) is 17.5 Å². The fraction of sp³-hybridized carbons (Fsp3) is 0.500. The second kappa shape index (κ2) is 6.28. The minimum atomic E-state index is -0.524. The van der Waals surface area contributed by atoms with Gasteiger partial charge in [0, 0.05) is 17.0 Å². The third kappa shape index (κ3) is 3.62. The fourth-order valence-corrected chi connectivity index (χ4v) is 3.58. The number of anilines is 1. The van der Waals surface area contributed by atoms with Gasteiger partial charge in [-0.25, -0.2) is 4.39 Å². The first kappa shape index (κ1) is 14.2. The molecule has 1 fully saturated rings. The third-order valence-corrected chi connectivity index (χ3v) is 4.59. The van der Waals surface area contributed by atoms with Crippen molar-refractivity contribution in [1.82, 2.24) is 5.32 Å². The zero-order valence-electron chi connectivity index (χ0n) is 11.0. The highest BCUT2D eigenvalue weighted by Crippen LogP contribution is 2.29. The first-order chi connectivity index (χ1) is 9.10. The van der Waals surface area contributed by atoms with Crippen molar-refractivity contribution in [2.24, 2.45) is 0 Å². The summed E-state index contributed by atoms with van der Waals surface area (Å²) in [7, 11) is 0. The zero-order valence-corrected chi connectivity index (χ0v) is 11.8. The quantitative estimate of drug-likeness (QED) is 0.835. The molecule has 1 aliphatic rings. The van der Waals surface area contributed by atoms with Gasteiger partial charge in [-0.15, -0.1) is 0 Å². The topological polar surface area (TPSA) is 55.1 Å². The Kier molecular flexibility index (Phi) is 4.69. The largest absolute Gasteiger partial charge is 0.399 e. The molecular weight excluding hydrogens is 263 g/mol. The van der Waals surface area contributed by atoms with Crippen molar-refractivity contribution >= 4 is 23.4 Å². The first-order valence-corrected chi connectivity index (χ1v) is 7.62. The number of carbonyl (C=O) groups is 1. The normalized spacial score (nSPS) is 22.4. The number of carbonyl (C=O) groups excluding carboxylic acids is 1. The Morgan fingerprint density at radius 3 is 3.05 bits per heavy atom. The number of nitrogen functional groups attached to an aromatic ring is 1. The van der Waals surface area contributed by atoms with Crippen LogP contribution >= 0.6 is 11.8 Å². The molecule has 1 amide bonds. The van der Waals surface area contributed by atoms with Gasteiger partial charge in [0.1, 0.15) is 5.82 Å². The summed E-state index contributed by atoms with van der Waals surface area (Å²) in [5, 5.41) is 3.52. The van der Waals surface area contributed by atoms with Gasteiger partial charge in [0.15, 0.2) is 0 Å². The van der Waals surface area contributed by atoms with Crippen LogP contribution in [0.3, 0.4) is 0 Å². The molecule has 1 saturated carbocycles. The van der Waals surface area contributed by atoms with Gasteiger partial charge in [-0.2, -0.15) is 11.8 Å². The number of hydrogen-bond acceptors (Lipinski definition) is 3. The number of halogens is 1. The van der Waals surface area contributed by atoms with Gasteiger partial charge >= 0.3 is 0 Å². The zero-order chi connectivity index (χ0) is 13.8. The molecule has 0 spiro atoms. The van der Waals surface area contributed by atoms with Gasteiger partial charge in [0.25, 0.3) is 5.91 Å². The molecule has 0 bridgehead atoms. The smallest absolute Gasteiger partial charge is 0.254 e. The molecule has 1 aliphatic carbocycles. The summed E-state index contributed by atoms with van der Waals surface area (Å²) in [6.07, 6.45) is 3.05. The molecule has 0 radical (unpaired) electrons. The van der Waals surface area contributed by atoms with Crippen molar-refractivity contribution in [3.05, 3.63) is 29.6 Å². The van der Waals surface area contributed by atoms with Gasteiger partial charge in [0.2, 0.25) is 0 Å². The van der Waals surface area contributed by atoms with Crippen LogP contribution in [0.4, 0.5) is 10.1 Å². The van der Waals surface area contributed by atoms with Crippen LogP contribution in [-0.2, 0) is 0 Å². The standard InChI is InChI=1S/C14H19FN2OS/c1-2-19-11-5-4-10(8-11)17-14(18)12-7-9(16)3-6-13(12)15/h3,6-7,10-11H,2,4-5,8,16H2,1H3,(H,17,18). The number of thioether (sulfide) groups is 1. The van der Waals surface area contributed by atoms with Crippen LogP contribution < -0.4 is 11.1 Å². The van der Waals surface area contributed by atoms with E-state index < -0.39 is 5.82 Å². The Hall–Kier alpha value is -1.23. The Bertz CT molecular complexity index is 467. The van der Waals surface area contributed by atoms with Crippen molar-refractivity contribution in [3.8, 4) is 0 Å². The van der Waals surface area contributed by atoms with Crippen LogP contribution in [0.5, 0.6) is 0 Å². The monoisotopic (exact) mass is 282 g/mol. The van der Waals surface area contributed by atoms with Crippen molar-refractivity contribution in [3.63, 3.8) is 0 Å². The number of amides is 1. The summed E-state index contributed by atoms with van der Waals surface area (Å²) in [5.74, 6) is 0.205. The Balaban J connectivity index is 1.96. The van der Waals surface area contributed by atoms with Gasteiger partial charge < -0.3 is 11.1 Å². The van der Waals surface area contributed by atoms with Crippen LogP contribution in [0.1, 0.15) is 36.5 Å². The SMILES string of the molecule is CCSC1CCC(NC(=O)c2cc(N)ccc2F)C1. The minimum Gasteiger partial charge on any atom is -0.399 e. The molecule has 1 aromatic rings. The second-order valence-corrected chi connectivity index (χ2v) is 6.38. The summed E-state index contributed by atoms with van der Waals surface area (Å²) in [6, 6.07) is 4.22. The fourth-order valence-electron chi connectivity index (χ4n) is 2.44. The molecule has 104 valence electrons. The maximum absolute atomic E-state index is 13.6. The Morgan fingerprint density at radius 2 is 2.32 bits per heavy atom. The highest BCUT2D eigenvalue weighted by molar-refractivity contribution is 7.99. The molecule has 2 rings (SSSR count). The lowest BCUT2D eigenvalue weighted by Gasteiger charge is -2.13. The molecule has 5 heteroatoms. The molecule has 0 aromatic heterocycles. The van der Waals surface area contributed by atoms with Crippen LogP contribution in [0.2, 0.25) is 0 Å².